The van der Waals surface area contributed by atoms with Crippen LogP contribution in [-0.4, -0.2) is 16.7 Å². The van der Waals surface area contributed by atoms with Crippen molar-refractivity contribution in [2.75, 3.05) is 7.11 Å². The minimum absolute atomic E-state index is 0.508. The molecule has 0 unspecified atom stereocenters. The van der Waals surface area contributed by atoms with Crippen LogP contribution in [0.4, 0.5) is 5.82 Å². The van der Waals surface area contributed by atoms with Gasteiger partial charge in [0.05, 0.1) is 0 Å². The van der Waals surface area contributed by atoms with E-state index in [1.54, 1.807) is 18.4 Å². The molecule has 16 heavy (non-hydrogen) atoms. The normalized spacial score (nSPS) is 12.0. The molecule has 84 valence electrons. The molecule has 0 aromatic carbocycles. The van der Waals surface area contributed by atoms with Gasteiger partial charge in [-0.2, -0.15) is 0 Å². The smallest absolute Gasteiger partial charge is 0.193 e. The number of methoxy groups -OCH3 is 1. The van der Waals surface area contributed by atoms with E-state index in [4.69, 9.17) is 4.74 Å². The van der Waals surface area contributed by atoms with Crippen LogP contribution in [0.2, 0.25) is 0 Å². The van der Waals surface area contributed by atoms with Crippen LogP contribution in [-0.2, 0) is 11.5 Å². The molecule has 0 spiro atoms. The summed E-state index contributed by atoms with van der Waals surface area (Å²) in [7, 11) is 1.67. The SMILES string of the molecule is COCn1ccs/c1=N\c1cccc(C)n1. The first-order chi connectivity index (χ1) is 7.79. The van der Waals surface area contributed by atoms with Crippen LogP contribution in [0.25, 0.3) is 0 Å². The monoisotopic (exact) mass is 235 g/mol. The van der Waals surface area contributed by atoms with Crippen molar-refractivity contribution in [1.82, 2.24) is 9.55 Å². The lowest BCUT2D eigenvalue weighted by molar-refractivity contribution is 0.129. The van der Waals surface area contributed by atoms with Crippen molar-refractivity contribution in [1.29, 1.82) is 0 Å². The summed E-state index contributed by atoms with van der Waals surface area (Å²) < 4.78 is 7.02. The van der Waals surface area contributed by atoms with Gasteiger partial charge in [-0.25, -0.2) is 9.98 Å². The van der Waals surface area contributed by atoms with E-state index in [9.17, 15) is 0 Å². The second-order valence-electron chi connectivity index (χ2n) is 3.32. The fraction of sp³-hybridized carbons (Fsp3) is 0.273. The van der Waals surface area contributed by atoms with E-state index in [0.717, 1.165) is 16.3 Å². The number of thiazole rings is 1. The number of ether oxygens (including phenoxy) is 1. The molecule has 2 rings (SSSR count). The second kappa shape index (κ2) is 5.05. The third-order valence-electron chi connectivity index (χ3n) is 2.01. The second-order valence-corrected chi connectivity index (χ2v) is 4.20. The average Bonchev–Trinajstić information content (AvgIpc) is 2.66. The first-order valence-corrected chi connectivity index (χ1v) is 5.79. The Balaban J connectivity index is 2.39. The lowest BCUT2D eigenvalue weighted by Gasteiger charge is -1.99. The standard InChI is InChI=1S/C11H13N3OS/c1-9-4-3-5-10(12-9)13-11-14(8-15-2)6-7-16-11/h3-7H,8H2,1-2H3/b13-11-. The van der Waals surface area contributed by atoms with Crippen molar-refractivity contribution < 1.29 is 4.74 Å². The molecule has 0 atom stereocenters. The van der Waals surface area contributed by atoms with Crippen LogP contribution in [0, 0.1) is 6.92 Å². The van der Waals surface area contributed by atoms with Crippen LogP contribution >= 0.6 is 11.3 Å². The molecule has 4 nitrogen and oxygen atoms in total. The highest BCUT2D eigenvalue weighted by molar-refractivity contribution is 7.07. The summed E-state index contributed by atoms with van der Waals surface area (Å²) in [6, 6.07) is 5.80. The van der Waals surface area contributed by atoms with Gasteiger partial charge in [-0.1, -0.05) is 6.07 Å². The molecule has 0 amide bonds. The number of aryl methyl sites for hydroxylation is 1. The minimum Gasteiger partial charge on any atom is -0.364 e. The van der Waals surface area contributed by atoms with Crippen molar-refractivity contribution in [3.63, 3.8) is 0 Å². The largest absolute Gasteiger partial charge is 0.364 e. The Hall–Kier alpha value is -1.46. The molecule has 0 N–H and O–H groups in total. The van der Waals surface area contributed by atoms with E-state index in [-0.39, 0.29) is 0 Å². The minimum atomic E-state index is 0.508. The maximum atomic E-state index is 5.08. The van der Waals surface area contributed by atoms with E-state index >= 15 is 0 Å². The molecule has 5 heteroatoms. The Labute approximate surface area is 97.9 Å². The molecule has 0 radical (unpaired) electrons. The fourth-order valence-electron chi connectivity index (χ4n) is 1.31. The Morgan fingerprint density at radius 2 is 2.38 bits per heavy atom. The predicted octanol–water partition coefficient (Wildman–Crippen LogP) is 2.09. The van der Waals surface area contributed by atoms with Crippen molar-refractivity contribution in [3.8, 4) is 0 Å². The van der Waals surface area contributed by atoms with Crippen LogP contribution in [0.3, 0.4) is 0 Å². The summed E-state index contributed by atoms with van der Waals surface area (Å²) >= 11 is 1.57. The van der Waals surface area contributed by atoms with Gasteiger partial charge in [-0.3, -0.25) is 4.57 Å². The molecule has 0 saturated carbocycles. The maximum Gasteiger partial charge on any atom is 0.193 e. The van der Waals surface area contributed by atoms with Gasteiger partial charge in [-0.05, 0) is 19.1 Å². The quantitative estimate of drug-likeness (QED) is 0.817. The van der Waals surface area contributed by atoms with Crippen LogP contribution < -0.4 is 4.80 Å². The summed E-state index contributed by atoms with van der Waals surface area (Å²) in [5.41, 5.74) is 0.969. The summed E-state index contributed by atoms with van der Waals surface area (Å²) in [5.74, 6) is 0.729. The summed E-state index contributed by atoms with van der Waals surface area (Å²) in [6.45, 7) is 2.46. The number of hydrogen-bond acceptors (Lipinski definition) is 4. The molecule has 0 aliphatic carbocycles. The molecule has 2 heterocycles. The fourth-order valence-corrected chi connectivity index (χ4v) is 2.04. The first kappa shape index (κ1) is 11.0. The molecular weight excluding hydrogens is 222 g/mol. The topological polar surface area (TPSA) is 39.4 Å². The van der Waals surface area contributed by atoms with Crippen molar-refractivity contribution in [2.24, 2.45) is 4.99 Å². The van der Waals surface area contributed by atoms with Gasteiger partial charge < -0.3 is 4.74 Å². The predicted molar refractivity (Wildman–Crippen MR) is 63.5 cm³/mol. The van der Waals surface area contributed by atoms with Gasteiger partial charge in [0.1, 0.15) is 6.73 Å². The summed E-state index contributed by atoms with van der Waals surface area (Å²) in [5, 5.41) is 1.98. The lowest BCUT2D eigenvalue weighted by atomic mass is 10.4. The molecular formula is C11H13N3OS. The Morgan fingerprint density at radius 1 is 1.50 bits per heavy atom. The molecule has 0 bridgehead atoms. The highest BCUT2D eigenvalue weighted by Crippen LogP contribution is 2.07. The Kier molecular flexibility index (Phi) is 3.48. The van der Waals surface area contributed by atoms with E-state index < -0.39 is 0 Å². The summed E-state index contributed by atoms with van der Waals surface area (Å²) in [6.07, 6.45) is 1.95. The molecule has 0 saturated heterocycles. The zero-order valence-electron chi connectivity index (χ0n) is 9.25. The first-order valence-electron chi connectivity index (χ1n) is 4.91. The van der Waals surface area contributed by atoms with E-state index in [1.165, 1.54) is 0 Å². The van der Waals surface area contributed by atoms with E-state index in [2.05, 4.69) is 9.98 Å². The van der Waals surface area contributed by atoms with Crippen molar-refractivity contribution >= 4 is 17.2 Å². The average molecular weight is 235 g/mol. The zero-order chi connectivity index (χ0) is 11.4. The molecule has 2 aromatic heterocycles. The van der Waals surface area contributed by atoms with E-state index in [1.807, 2.05) is 41.3 Å². The van der Waals surface area contributed by atoms with Crippen LogP contribution in [0.1, 0.15) is 5.69 Å². The van der Waals surface area contributed by atoms with Crippen molar-refractivity contribution in [2.45, 2.75) is 13.7 Å². The molecule has 0 aliphatic heterocycles. The zero-order valence-corrected chi connectivity index (χ0v) is 10.1. The van der Waals surface area contributed by atoms with Gasteiger partial charge in [0, 0.05) is 24.4 Å². The number of nitrogens with zero attached hydrogens (tertiary/aromatic N) is 3. The maximum absolute atomic E-state index is 5.08. The van der Waals surface area contributed by atoms with Gasteiger partial charge in [-0.15, -0.1) is 11.3 Å². The number of hydrogen-bond donors (Lipinski definition) is 0. The molecule has 2 aromatic rings. The highest BCUT2D eigenvalue weighted by Gasteiger charge is 1.96. The highest BCUT2D eigenvalue weighted by atomic mass is 32.1. The molecule has 0 fully saturated rings. The van der Waals surface area contributed by atoms with Crippen LogP contribution in [0.5, 0.6) is 0 Å². The van der Waals surface area contributed by atoms with E-state index in [0.29, 0.717) is 6.73 Å². The number of rotatable bonds is 3. The van der Waals surface area contributed by atoms with Gasteiger partial charge in [0.15, 0.2) is 10.6 Å². The third kappa shape index (κ3) is 2.56. The summed E-state index contributed by atoms with van der Waals surface area (Å²) in [4.78, 5) is 9.69. The molecule has 0 aliphatic rings. The number of aromatic nitrogens is 2. The van der Waals surface area contributed by atoms with Gasteiger partial charge in [0.2, 0.25) is 0 Å². The van der Waals surface area contributed by atoms with Gasteiger partial charge in [0.25, 0.3) is 0 Å². The lowest BCUT2D eigenvalue weighted by Crippen LogP contribution is -2.14. The van der Waals surface area contributed by atoms with Crippen molar-refractivity contribution in [3.05, 3.63) is 40.3 Å². The third-order valence-corrected chi connectivity index (χ3v) is 2.81. The van der Waals surface area contributed by atoms with Crippen LogP contribution in [0.15, 0.2) is 34.8 Å². The number of pyridine rings is 1. The Bertz CT molecular complexity index is 530. The van der Waals surface area contributed by atoms with Gasteiger partial charge >= 0.3 is 0 Å². The Morgan fingerprint density at radius 3 is 3.12 bits per heavy atom.